The average molecular weight is 249 g/mol. The third kappa shape index (κ3) is 2.68. The van der Waals surface area contributed by atoms with Crippen LogP contribution in [0.25, 0.3) is 0 Å². The number of carbonyl (C=O) groups is 1. The number of rotatable bonds is 4. The lowest BCUT2D eigenvalue weighted by Gasteiger charge is -1.99. The molecule has 0 radical (unpaired) electrons. The van der Waals surface area contributed by atoms with Crippen LogP contribution in [0.15, 0.2) is 39.8 Å². The number of hydrogen-bond donors (Lipinski definition) is 1. The van der Waals surface area contributed by atoms with Gasteiger partial charge < -0.3 is 9.63 Å². The Hall–Kier alpha value is -1.75. The van der Waals surface area contributed by atoms with E-state index in [0.717, 1.165) is 4.90 Å². The summed E-state index contributed by atoms with van der Waals surface area (Å²) in [5.41, 5.74) is 0.592. The van der Waals surface area contributed by atoms with E-state index in [1.807, 2.05) is 30.3 Å². The van der Waals surface area contributed by atoms with Crippen molar-refractivity contribution in [3.05, 3.63) is 47.3 Å². The van der Waals surface area contributed by atoms with Crippen LogP contribution in [0.1, 0.15) is 21.8 Å². The predicted molar refractivity (Wildman–Crippen MR) is 64.2 cm³/mol. The van der Waals surface area contributed by atoms with Gasteiger partial charge in [-0.25, -0.2) is 4.79 Å². The molecular weight excluding hydrogens is 238 g/mol. The minimum atomic E-state index is -0.993. The molecule has 1 heterocycles. The Morgan fingerprint density at radius 3 is 2.76 bits per heavy atom. The Labute approximate surface area is 103 Å². The number of thioether (sulfide) groups is 1. The molecule has 2 aromatic rings. The average Bonchev–Trinajstić information content (AvgIpc) is 2.69. The minimum absolute atomic E-state index is 0.174. The maximum absolute atomic E-state index is 11.0. The molecule has 5 heteroatoms. The van der Waals surface area contributed by atoms with Crippen LogP contribution in [0.3, 0.4) is 0 Å². The zero-order chi connectivity index (χ0) is 12.3. The maximum Gasteiger partial charge on any atom is 0.341 e. The zero-order valence-electron chi connectivity index (χ0n) is 9.21. The van der Waals surface area contributed by atoms with Crippen LogP contribution in [-0.2, 0) is 5.75 Å². The molecule has 0 aliphatic heterocycles. The van der Waals surface area contributed by atoms with Crippen LogP contribution in [0, 0.1) is 6.92 Å². The molecule has 0 amide bonds. The maximum atomic E-state index is 11.0. The van der Waals surface area contributed by atoms with Crippen LogP contribution in [0.4, 0.5) is 0 Å². The van der Waals surface area contributed by atoms with Crippen molar-refractivity contribution in [3.63, 3.8) is 0 Å². The van der Waals surface area contributed by atoms with Gasteiger partial charge in [-0.3, -0.25) is 0 Å². The van der Waals surface area contributed by atoms with Gasteiger partial charge in [0.2, 0.25) is 0 Å². The first-order valence-electron chi connectivity index (χ1n) is 5.05. The molecule has 0 fully saturated rings. The SMILES string of the molecule is Cc1noc(CSc2ccccc2)c1C(=O)O. The molecule has 0 aliphatic carbocycles. The highest BCUT2D eigenvalue weighted by molar-refractivity contribution is 7.98. The van der Waals surface area contributed by atoms with Crippen LogP contribution >= 0.6 is 11.8 Å². The summed E-state index contributed by atoms with van der Waals surface area (Å²) in [5.74, 6) is -0.122. The first-order valence-corrected chi connectivity index (χ1v) is 6.03. The highest BCUT2D eigenvalue weighted by Crippen LogP contribution is 2.25. The molecule has 1 aromatic heterocycles. The van der Waals surface area contributed by atoms with Crippen LogP contribution in [0.5, 0.6) is 0 Å². The van der Waals surface area contributed by atoms with Crippen molar-refractivity contribution in [3.8, 4) is 0 Å². The van der Waals surface area contributed by atoms with E-state index in [2.05, 4.69) is 5.16 Å². The van der Waals surface area contributed by atoms with Crippen LogP contribution in [-0.4, -0.2) is 16.2 Å². The van der Waals surface area contributed by atoms with E-state index in [4.69, 9.17) is 9.63 Å². The fraction of sp³-hybridized carbons (Fsp3) is 0.167. The van der Waals surface area contributed by atoms with E-state index in [0.29, 0.717) is 17.2 Å². The van der Waals surface area contributed by atoms with E-state index in [1.165, 1.54) is 11.8 Å². The van der Waals surface area contributed by atoms with E-state index in [9.17, 15) is 4.79 Å². The van der Waals surface area contributed by atoms with Crippen LogP contribution in [0.2, 0.25) is 0 Å². The van der Waals surface area contributed by atoms with E-state index in [1.54, 1.807) is 6.92 Å². The second-order valence-corrected chi connectivity index (χ2v) is 4.52. The third-order valence-corrected chi connectivity index (χ3v) is 3.27. The Kier molecular flexibility index (Phi) is 3.49. The Bertz CT molecular complexity index is 522. The molecule has 0 aliphatic rings. The van der Waals surface area contributed by atoms with Crippen molar-refractivity contribution in [1.29, 1.82) is 0 Å². The monoisotopic (exact) mass is 249 g/mol. The number of aromatic nitrogens is 1. The third-order valence-electron chi connectivity index (χ3n) is 2.26. The smallest absolute Gasteiger partial charge is 0.341 e. The van der Waals surface area contributed by atoms with Gasteiger partial charge in [0.15, 0.2) is 5.76 Å². The number of benzene rings is 1. The number of aryl methyl sites for hydroxylation is 1. The van der Waals surface area contributed by atoms with Crippen molar-refractivity contribution in [2.45, 2.75) is 17.6 Å². The summed E-state index contributed by atoms with van der Waals surface area (Å²) in [7, 11) is 0. The molecule has 0 spiro atoms. The zero-order valence-corrected chi connectivity index (χ0v) is 10.0. The molecule has 2 rings (SSSR count). The molecular formula is C12H11NO3S. The fourth-order valence-corrected chi connectivity index (χ4v) is 2.30. The largest absolute Gasteiger partial charge is 0.477 e. The van der Waals surface area contributed by atoms with Crippen molar-refractivity contribution in [2.24, 2.45) is 0 Å². The Balaban J connectivity index is 2.12. The lowest BCUT2D eigenvalue weighted by atomic mass is 10.2. The van der Waals surface area contributed by atoms with E-state index < -0.39 is 5.97 Å². The lowest BCUT2D eigenvalue weighted by Crippen LogP contribution is -2.00. The van der Waals surface area contributed by atoms with Gasteiger partial charge in [0.05, 0.1) is 11.4 Å². The van der Waals surface area contributed by atoms with E-state index >= 15 is 0 Å². The number of carboxylic acids is 1. The molecule has 0 unspecified atom stereocenters. The number of carboxylic acid groups (broad SMARTS) is 1. The van der Waals surface area contributed by atoms with Gasteiger partial charge in [-0.05, 0) is 19.1 Å². The van der Waals surface area contributed by atoms with Gasteiger partial charge in [-0.1, -0.05) is 23.4 Å². The van der Waals surface area contributed by atoms with E-state index in [-0.39, 0.29) is 5.56 Å². The lowest BCUT2D eigenvalue weighted by molar-refractivity contribution is 0.0694. The second kappa shape index (κ2) is 5.05. The Morgan fingerprint density at radius 1 is 1.41 bits per heavy atom. The topological polar surface area (TPSA) is 63.3 Å². The summed E-state index contributed by atoms with van der Waals surface area (Å²) >= 11 is 1.52. The molecule has 88 valence electrons. The van der Waals surface area contributed by atoms with Gasteiger partial charge in [-0.2, -0.15) is 0 Å². The van der Waals surface area contributed by atoms with Gasteiger partial charge in [0, 0.05) is 4.90 Å². The first kappa shape index (κ1) is 11.7. The normalized spacial score (nSPS) is 10.4. The number of hydrogen-bond acceptors (Lipinski definition) is 4. The fourth-order valence-electron chi connectivity index (χ4n) is 1.45. The van der Waals surface area contributed by atoms with Gasteiger partial charge in [0.1, 0.15) is 5.56 Å². The van der Waals surface area contributed by atoms with Gasteiger partial charge >= 0.3 is 5.97 Å². The second-order valence-electron chi connectivity index (χ2n) is 3.47. The van der Waals surface area contributed by atoms with Crippen molar-refractivity contribution < 1.29 is 14.4 Å². The predicted octanol–water partition coefficient (Wildman–Crippen LogP) is 2.97. The summed E-state index contributed by atoms with van der Waals surface area (Å²) in [5, 5.41) is 12.7. The molecule has 0 atom stereocenters. The quantitative estimate of drug-likeness (QED) is 0.844. The summed E-state index contributed by atoms with van der Waals surface area (Å²) in [6.45, 7) is 1.63. The molecule has 0 bridgehead atoms. The highest BCUT2D eigenvalue weighted by atomic mass is 32.2. The van der Waals surface area contributed by atoms with Crippen molar-refractivity contribution in [2.75, 3.05) is 0 Å². The standard InChI is InChI=1S/C12H11NO3S/c1-8-11(12(14)15)10(16-13-8)7-17-9-5-3-2-4-6-9/h2-6H,7H2,1H3,(H,14,15). The summed E-state index contributed by atoms with van der Waals surface area (Å²) in [6.07, 6.45) is 0. The highest BCUT2D eigenvalue weighted by Gasteiger charge is 2.19. The summed E-state index contributed by atoms with van der Waals surface area (Å²) in [4.78, 5) is 12.1. The first-order chi connectivity index (χ1) is 8.18. The molecule has 4 nitrogen and oxygen atoms in total. The summed E-state index contributed by atoms with van der Waals surface area (Å²) in [6, 6.07) is 9.74. The summed E-state index contributed by atoms with van der Waals surface area (Å²) < 4.78 is 5.03. The van der Waals surface area contributed by atoms with Crippen molar-refractivity contribution >= 4 is 17.7 Å². The number of nitrogens with zero attached hydrogens (tertiary/aromatic N) is 1. The van der Waals surface area contributed by atoms with Gasteiger partial charge in [-0.15, -0.1) is 11.8 Å². The molecule has 1 aromatic carbocycles. The molecule has 0 saturated heterocycles. The number of aromatic carboxylic acids is 1. The minimum Gasteiger partial charge on any atom is -0.477 e. The molecule has 1 N–H and O–H groups in total. The molecule has 17 heavy (non-hydrogen) atoms. The Morgan fingerprint density at radius 2 is 2.12 bits per heavy atom. The van der Waals surface area contributed by atoms with Gasteiger partial charge in [0.25, 0.3) is 0 Å². The van der Waals surface area contributed by atoms with Crippen molar-refractivity contribution in [1.82, 2.24) is 5.16 Å². The molecule has 0 saturated carbocycles. The van der Waals surface area contributed by atoms with Crippen LogP contribution < -0.4 is 0 Å².